The molecule has 1 atom stereocenters. The van der Waals surface area contributed by atoms with Crippen LogP contribution in [-0.4, -0.2) is 12.6 Å². The van der Waals surface area contributed by atoms with Crippen molar-refractivity contribution in [3.8, 4) is 0 Å². The Morgan fingerprint density at radius 3 is 2.50 bits per heavy atom. The first-order valence-corrected chi connectivity index (χ1v) is 6.60. The van der Waals surface area contributed by atoms with Crippen LogP contribution in [-0.2, 0) is 0 Å². The molecule has 0 saturated heterocycles. The molecule has 0 heterocycles. The van der Waals surface area contributed by atoms with Crippen molar-refractivity contribution >= 4 is 0 Å². The summed E-state index contributed by atoms with van der Waals surface area (Å²) in [5, 5.41) is 3.70. The molecule has 1 fully saturated rings. The van der Waals surface area contributed by atoms with E-state index < -0.39 is 0 Å². The van der Waals surface area contributed by atoms with Crippen LogP contribution in [0.3, 0.4) is 0 Å². The van der Waals surface area contributed by atoms with Gasteiger partial charge in [-0.25, -0.2) is 0 Å². The summed E-state index contributed by atoms with van der Waals surface area (Å²) in [6, 6.07) is 0.779. The van der Waals surface area contributed by atoms with Crippen LogP contribution in [0.2, 0.25) is 0 Å². The lowest BCUT2D eigenvalue weighted by molar-refractivity contribution is 0.416. The van der Waals surface area contributed by atoms with Crippen molar-refractivity contribution < 1.29 is 0 Å². The third-order valence-electron chi connectivity index (χ3n) is 3.59. The topological polar surface area (TPSA) is 12.0 Å². The summed E-state index contributed by atoms with van der Waals surface area (Å²) in [7, 11) is 0. The fourth-order valence-corrected chi connectivity index (χ4v) is 2.59. The molecule has 84 valence electrons. The van der Waals surface area contributed by atoms with E-state index in [0.29, 0.717) is 0 Å². The van der Waals surface area contributed by atoms with Crippen molar-refractivity contribution in [2.75, 3.05) is 6.54 Å². The monoisotopic (exact) mass is 197 g/mol. The Balaban J connectivity index is 2.00. The second-order valence-electron chi connectivity index (χ2n) is 4.79. The Morgan fingerprint density at radius 1 is 1.21 bits per heavy atom. The van der Waals surface area contributed by atoms with E-state index in [1.165, 1.54) is 57.9 Å². The first-order valence-electron chi connectivity index (χ1n) is 6.60. The number of nitrogens with one attached hydrogen (secondary N) is 1. The molecule has 1 N–H and O–H groups in total. The Morgan fingerprint density at radius 2 is 1.93 bits per heavy atom. The summed E-state index contributed by atoms with van der Waals surface area (Å²) in [6.45, 7) is 5.83. The Kier molecular flexibility index (Phi) is 6.25. The molecule has 1 aliphatic carbocycles. The fraction of sp³-hybridized carbons (Fsp3) is 1.00. The minimum Gasteiger partial charge on any atom is -0.314 e. The Hall–Kier alpha value is -0.0400. The van der Waals surface area contributed by atoms with Gasteiger partial charge < -0.3 is 5.32 Å². The first-order chi connectivity index (χ1) is 6.86. The van der Waals surface area contributed by atoms with E-state index in [9.17, 15) is 0 Å². The van der Waals surface area contributed by atoms with E-state index in [1.807, 2.05) is 0 Å². The van der Waals surface area contributed by atoms with Crippen LogP contribution in [0.25, 0.3) is 0 Å². The molecule has 1 rings (SSSR count). The summed E-state index contributed by atoms with van der Waals surface area (Å²) >= 11 is 0. The molecule has 0 aromatic rings. The third-order valence-corrected chi connectivity index (χ3v) is 3.59. The zero-order chi connectivity index (χ0) is 10.2. The predicted molar refractivity (Wildman–Crippen MR) is 63.6 cm³/mol. The normalized spacial score (nSPS) is 20.1. The molecule has 0 radical (unpaired) electrons. The number of rotatable bonds is 7. The van der Waals surface area contributed by atoms with Gasteiger partial charge >= 0.3 is 0 Å². The molecule has 1 aliphatic rings. The van der Waals surface area contributed by atoms with Crippen molar-refractivity contribution in [1.29, 1.82) is 0 Å². The van der Waals surface area contributed by atoms with Crippen molar-refractivity contribution in [2.24, 2.45) is 5.92 Å². The largest absolute Gasteiger partial charge is 0.314 e. The Labute approximate surface area is 89.7 Å². The standard InChI is InChI=1S/C13H27N/c1-3-7-13(4-2)14-11-10-12-8-5-6-9-12/h12-14H,3-11H2,1-2H3. The van der Waals surface area contributed by atoms with Crippen molar-refractivity contribution in [2.45, 2.75) is 71.3 Å². The highest BCUT2D eigenvalue weighted by molar-refractivity contribution is 4.70. The molecule has 1 heteroatoms. The molecular weight excluding hydrogens is 170 g/mol. The van der Waals surface area contributed by atoms with Gasteiger partial charge in [0.15, 0.2) is 0 Å². The van der Waals surface area contributed by atoms with Crippen molar-refractivity contribution in [1.82, 2.24) is 5.32 Å². The maximum atomic E-state index is 3.70. The van der Waals surface area contributed by atoms with E-state index in [2.05, 4.69) is 19.2 Å². The summed E-state index contributed by atoms with van der Waals surface area (Å²) in [5.74, 6) is 1.04. The van der Waals surface area contributed by atoms with Crippen LogP contribution in [0.1, 0.15) is 65.2 Å². The molecule has 0 bridgehead atoms. The van der Waals surface area contributed by atoms with Crippen LogP contribution in [0, 0.1) is 5.92 Å². The molecule has 0 aliphatic heterocycles. The van der Waals surface area contributed by atoms with Gasteiger partial charge in [-0.3, -0.25) is 0 Å². The predicted octanol–water partition coefficient (Wildman–Crippen LogP) is 3.74. The van der Waals surface area contributed by atoms with Gasteiger partial charge in [-0.1, -0.05) is 46.0 Å². The molecule has 0 amide bonds. The lowest BCUT2D eigenvalue weighted by Crippen LogP contribution is -2.29. The van der Waals surface area contributed by atoms with Crippen LogP contribution in [0.5, 0.6) is 0 Å². The maximum Gasteiger partial charge on any atom is 0.00643 e. The average molecular weight is 197 g/mol. The molecule has 1 saturated carbocycles. The second kappa shape index (κ2) is 7.28. The lowest BCUT2D eigenvalue weighted by Gasteiger charge is -2.17. The minimum atomic E-state index is 0.779. The summed E-state index contributed by atoms with van der Waals surface area (Å²) in [6.07, 6.45) is 11.3. The maximum absolute atomic E-state index is 3.70. The van der Waals surface area contributed by atoms with E-state index in [-0.39, 0.29) is 0 Å². The van der Waals surface area contributed by atoms with E-state index in [0.717, 1.165) is 12.0 Å². The highest BCUT2D eigenvalue weighted by Gasteiger charge is 2.14. The van der Waals surface area contributed by atoms with Gasteiger partial charge in [0.1, 0.15) is 0 Å². The second-order valence-corrected chi connectivity index (χ2v) is 4.79. The summed E-state index contributed by atoms with van der Waals surface area (Å²) in [5.41, 5.74) is 0. The molecular formula is C13H27N. The van der Waals surface area contributed by atoms with Crippen molar-refractivity contribution in [3.05, 3.63) is 0 Å². The number of hydrogen-bond acceptors (Lipinski definition) is 1. The molecule has 1 nitrogen and oxygen atoms in total. The minimum absolute atomic E-state index is 0.779. The van der Waals surface area contributed by atoms with Gasteiger partial charge in [-0.2, -0.15) is 0 Å². The molecule has 14 heavy (non-hydrogen) atoms. The van der Waals surface area contributed by atoms with Crippen molar-refractivity contribution in [3.63, 3.8) is 0 Å². The lowest BCUT2D eigenvalue weighted by atomic mass is 10.0. The molecule has 1 unspecified atom stereocenters. The number of hydrogen-bond donors (Lipinski definition) is 1. The smallest absolute Gasteiger partial charge is 0.00643 e. The first kappa shape index (κ1) is 12.0. The van der Waals surface area contributed by atoms with Gasteiger partial charge in [0.25, 0.3) is 0 Å². The van der Waals surface area contributed by atoms with Gasteiger partial charge in [0.2, 0.25) is 0 Å². The zero-order valence-corrected chi connectivity index (χ0v) is 10.0. The average Bonchev–Trinajstić information content (AvgIpc) is 2.69. The van der Waals surface area contributed by atoms with E-state index >= 15 is 0 Å². The molecule has 0 spiro atoms. The van der Waals surface area contributed by atoms with Crippen LogP contribution < -0.4 is 5.32 Å². The highest BCUT2D eigenvalue weighted by atomic mass is 14.9. The zero-order valence-electron chi connectivity index (χ0n) is 10.0. The van der Waals surface area contributed by atoms with E-state index in [1.54, 1.807) is 0 Å². The summed E-state index contributed by atoms with van der Waals surface area (Å²) < 4.78 is 0. The van der Waals surface area contributed by atoms with Crippen LogP contribution in [0.15, 0.2) is 0 Å². The highest BCUT2D eigenvalue weighted by Crippen LogP contribution is 2.26. The quantitative estimate of drug-likeness (QED) is 0.655. The Bertz CT molecular complexity index is 127. The SMILES string of the molecule is CCCC(CC)NCCC1CCCC1. The van der Waals surface area contributed by atoms with Gasteiger partial charge in [0, 0.05) is 6.04 Å². The van der Waals surface area contributed by atoms with Crippen LogP contribution in [0.4, 0.5) is 0 Å². The van der Waals surface area contributed by atoms with Crippen LogP contribution >= 0.6 is 0 Å². The molecule has 0 aromatic carbocycles. The fourth-order valence-electron chi connectivity index (χ4n) is 2.59. The van der Waals surface area contributed by atoms with E-state index in [4.69, 9.17) is 0 Å². The summed E-state index contributed by atoms with van der Waals surface area (Å²) in [4.78, 5) is 0. The van der Waals surface area contributed by atoms with Gasteiger partial charge in [-0.15, -0.1) is 0 Å². The third kappa shape index (κ3) is 4.45. The van der Waals surface area contributed by atoms with Gasteiger partial charge in [0.05, 0.1) is 0 Å². The molecule has 0 aromatic heterocycles. The van der Waals surface area contributed by atoms with Gasteiger partial charge in [-0.05, 0) is 31.7 Å².